The van der Waals surface area contributed by atoms with Crippen molar-refractivity contribution in [1.82, 2.24) is 5.32 Å². The molecule has 108 valence electrons. The molecular formula is C16H21NO3. The molecule has 1 aromatic carbocycles. The first-order valence-electron chi connectivity index (χ1n) is 6.83. The van der Waals surface area contributed by atoms with E-state index in [0.29, 0.717) is 24.3 Å². The molecule has 0 spiro atoms. The number of carbonyl (C=O) groups is 1. The minimum Gasteiger partial charge on any atom is -0.451 e. The molecule has 0 aliphatic rings. The number of hydrogen-bond acceptors (Lipinski definition) is 3. The first-order valence-corrected chi connectivity index (χ1v) is 6.83. The summed E-state index contributed by atoms with van der Waals surface area (Å²) in [5.74, 6) is 0.0544. The first kappa shape index (κ1) is 14.6. The maximum Gasteiger partial charge on any atom is 0.287 e. The summed E-state index contributed by atoms with van der Waals surface area (Å²) < 4.78 is 5.48. The molecule has 1 amide bonds. The summed E-state index contributed by atoms with van der Waals surface area (Å²) in [6.45, 7) is 6.34. The highest BCUT2D eigenvalue weighted by atomic mass is 16.3. The van der Waals surface area contributed by atoms with Crippen molar-refractivity contribution in [3.8, 4) is 0 Å². The average Bonchev–Trinajstić information content (AvgIpc) is 2.81. The van der Waals surface area contributed by atoms with E-state index in [1.54, 1.807) is 6.07 Å². The van der Waals surface area contributed by atoms with Gasteiger partial charge in [0.05, 0.1) is 6.10 Å². The van der Waals surface area contributed by atoms with Crippen LogP contribution in [-0.4, -0.2) is 23.7 Å². The normalized spacial score (nSPS) is 13.4. The van der Waals surface area contributed by atoms with Crippen LogP contribution in [0.5, 0.6) is 0 Å². The van der Waals surface area contributed by atoms with Crippen LogP contribution in [0.15, 0.2) is 34.7 Å². The van der Waals surface area contributed by atoms with E-state index < -0.39 is 6.10 Å². The lowest BCUT2D eigenvalue weighted by molar-refractivity contribution is 0.0549. The molecule has 4 heteroatoms. The van der Waals surface area contributed by atoms with E-state index in [9.17, 15) is 9.90 Å². The fourth-order valence-electron chi connectivity index (χ4n) is 1.94. The summed E-state index contributed by atoms with van der Waals surface area (Å²) in [4.78, 5) is 12.0. The monoisotopic (exact) mass is 275 g/mol. The molecule has 2 aromatic rings. The van der Waals surface area contributed by atoms with Crippen LogP contribution in [0.4, 0.5) is 0 Å². The third-order valence-corrected chi connectivity index (χ3v) is 3.35. The molecule has 1 heterocycles. The van der Waals surface area contributed by atoms with E-state index in [-0.39, 0.29) is 11.3 Å². The van der Waals surface area contributed by atoms with Crippen LogP contribution in [0.3, 0.4) is 0 Å². The van der Waals surface area contributed by atoms with Gasteiger partial charge in [0.15, 0.2) is 5.76 Å². The van der Waals surface area contributed by atoms with Crippen LogP contribution < -0.4 is 5.32 Å². The second-order valence-corrected chi connectivity index (χ2v) is 6.07. The lowest BCUT2D eigenvalue weighted by Gasteiger charge is -2.25. The summed E-state index contributed by atoms with van der Waals surface area (Å²) in [7, 11) is 0. The van der Waals surface area contributed by atoms with E-state index in [2.05, 4.69) is 5.32 Å². The van der Waals surface area contributed by atoms with Crippen LogP contribution in [0.1, 0.15) is 37.7 Å². The van der Waals surface area contributed by atoms with E-state index in [0.717, 1.165) is 5.39 Å². The zero-order chi connectivity index (χ0) is 14.8. The van der Waals surface area contributed by atoms with Gasteiger partial charge in [0.25, 0.3) is 5.91 Å². The number of para-hydroxylation sites is 1. The van der Waals surface area contributed by atoms with Crippen LogP contribution in [0.2, 0.25) is 0 Å². The Kier molecular flexibility index (Phi) is 4.14. The highest BCUT2D eigenvalue weighted by Crippen LogP contribution is 2.21. The fraction of sp³-hybridized carbons (Fsp3) is 0.438. The Morgan fingerprint density at radius 1 is 1.35 bits per heavy atom. The summed E-state index contributed by atoms with van der Waals surface area (Å²) >= 11 is 0. The Labute approximate surface area is 118 Å². The minimum atomic E-state index is -0.446. The number of aliphatic hydroxyl groups excluding tert-OH is 1. The Bertz CT molecular complexity index is 562. The molecule has 0 saturated carbocycles. The molecule has 0 unspecified atom stereocenters. The van der Waals surface area contributed by atoms with Gasteiger partial charge in [-0.1, -0.05) is 39.0 Å². The van der Waals surface area contributed by atoms with Crippen molar-refractivity contribution in [2.24, 2.45) is 5.41 Å². The molecule has 4 nitrogen and oxygen atoms in total. The van der Waals surface area contributed by atoms with Crippen LogP contribution in [0.25, 0.3) is 11.0 Å². The molecular weight excluding hydrogens is 254 g/mol. The molecule has 0 radical (unpaired) electrons. The number of carbonyl (C=O) groups excluding carboxylic acids is 1. The van der Waals surface area contributed by atoms with E-state index in [1.165, 1.54) is 0 Å². The van der Waals surface area contributed by atoms with Crippen LogP contribution >= 0.6 is 0 Å². The Morgan fingerprint density at radius 2 is 2.05 bits per heavy atom. The van der Waals surface area contributed by atoms with Gasteiger partial charge in [0.2, 0.25) is 0 Å². The van der Waals surface area contributed by atoms with E-state index >= 15 is 0 Å². The van der Waals surface area contributed by atoms with E-state index in [4.69, 9.17) is 4.42 Å². The summed E-state index contributed by atoms with van der Waals surface area (Å²) in [6.07, 6.45) is 0.0774. The second kappa shape index (κ2) is 5.67. The van der Waals surface area contributed by atoms with Crippen LogP contribution in [-0.2, 0) is 0 Å². The summed E-state index contributed by atoms with van der Waals surface area (Å²) in [5.41, 5.74) is 0.525. The molecule has 2 rings (SSSR count). The molecule has 2 N–H and O–H groups in total. The fourth-order valence-corrected chi connectivity index (χ4v) is 1.94. The maximum absolute atomic E-state index is 12.0. The smallest absolute Gasteiger partial charge is 0.287 e. The van der Waals surface area contributed by atoms with Crippen molar-refractivity contribution in [3.05, 3.63) is 36.1 Å². The number of amides is 1. The van der Waals surface area contributed by atoms with Gasteiger partial charge >= 0.3 is 0 Å². The predicted octanol–water partition coefficient (Wildman–Crippen LogP) is 2.96. The largest absolute Gasteiger partial charge is 0.451 e. The predicted molar refractivity (Wildman–Crippen MR) is 78.6 cm³/mol. The first-order chi connectivity index (χ1) is 9.38. The van der Waals surface area contributed by atoms with Crippen molar-refractivity contribution < 1.29 is 14.3 Å². The van der Waals surface area contributed by atoms with Gasteiger partial charge in [-0.15, -0.1) is 0 Å². The molecule has 1 atom stereocenters. The molecule has 0 aliphatic heterocycles. The standard InChI is InChI=1S/C16H21NO3/c1-16(2,3)14(18)8-9-17-15(19)13-10-11-6-4-5-7-12(11)20-13/h4-7,10,14,18H,8-9H2,1-3H3,(H,17,19)/t14-/m0/s1. The molecule has 0 aliphatic carbocycles. The quantitative estimate of drug-likeness (QED) is 0.901. The third kappa shape index (κ3) is 3.39. The zero-order valence-corrected chi connectivity index (χ0v) is 12.1. The zero-order valence-electron chi connectivity index (χ0n) is 12.1. The number of benzene rings is 1. The number of furan rings is 1. The highest BCUT2D eigenvalue weighted by Gasteiger charge is 2.22. The lowest BCUT2D eigenvalue weighted by Crippen LogP contribution is -2.32. The van der Waals surface area contributed by atoms with Crippen molar-refractivity contribution in [2.45, 2.75) is 33.3 Å². The molecule has 1 aromatic heterocycles. The van der Waals surface area contributed by atoms with Gasteiger partial charge in [-0.25, -0.2) is 0 Å². The van der Waals surface area contributed by atoms with Crippen molar-refractivity contribution in [1.29, 1.82) is 0 Å². The Morgan fingerprint density at radius 3 is 2.70 bits per heavy atom. The lowest BCUT2D eigenvalue weighted by atomic mass is 9.87. The topological polar surface area (TPSA) is 62.5 Å². The summed E-state index contributed by atoms with van der Waals surface area (Å²) in [6, 6.07) is 9.23. The highest BCUT2D eigenvalue weighted by molar-refractivity contribution is 5.95. The Balaban J connectivity index is 1.92. The second-order valence-electron chi connectivity index (χ2n) is 6.07. The molecule has 20 heavy (non-hydrogen) atoms. The molecule has 0 bridgehead atoms. The number of hydrogen-bond donors (Lipinski definition) is 2. The van der Waals surface area contributed by atoms with Gasteiger partial charge in [-0.05, 0) is 24.0 Å². The van der Waals surface area contributed by atoms with Gasteiger partial charge < -0.3 is 14.8 Å². The number of rotatable bonds is 4. The number of nitrogens with one attached hydrogen (secondary N) is 1. The van der Waals surface area contributed by atoms with E-state index in [1.807, 2.05) is 45.0 Å². The average molecular weight is 275 g/mol. The van der Waals surface area contributed by atoms with Gasteiger partial charge in [-0.3, -0.25) is 4.79 Å². The third-order valence-electron chi connectivity index (χ3n) is 3.35. The van der Waals surface area contributed by atoms with Gasteiger partial charge in [-0.2, -0.15) is 0 Å². The Hall–Kier alpha value is -1.81. The number of aliphatic hydroxyl groups is 1. The van der Waals surface area contributed by atoms with Gasteiger partial charge in [0.1, 0.15) is 5.58 Å². The van der Waals surface area contributed by atoms with Gasteiger partial charge in [0, 0.05) is 11.9 Å². The molecule has 0 saturated heterocycles. The van der Waals surface area contributed by atoms with Crippen molar-refractivity contribution in [3.63, 3.8) is 0 Å². The number of fused-ring (bicyclic) bond motifs is 1. The molecule has 0 fully saturated rings. The summed E-state index contributed by atoms with van der Waals surface area (Å²) in [5, 5.41) is 13.6. The van der Waals surface area contributed by atoms with Crippen molar-refractivity contribution in [2.75, 3.05) is 6.54 Å². The van der Waals surface area contributed by atoms with Crippen molar-refractivity contribution >= 4 is 16.9 Å². The maximum atomic E-state index is 12.0. The van der Waals surface area contributed by atoms with Crippen LogP contribution in [0, 0.1) is 5.41 Å². The minimum absolute atomic E-state index is 0.176. The SMILES string of the molecule is CC(C)(C)[C@@H](O)CCNC(=O)c1cc2ccccc2o1.